The molecule has 7 heteroatoms. The fourth-order valence-corrected chi connectivity index (χ4v) is 3.98. The molecule has 150 valence electrons. The van der Waals surface area contributed by atoms with E-state index >= 15 is 0 Å². The number of aromatic amines is 1. The zero-order chi connectivity index (χ0) is 19.6. The van der Waals surface area contributed by atoms with E-state index in [-0.39, 0.29) is 17.6 Å². The van der Waals surface area contributed by atoms with Gasteiger partial charge < -0.3 is 14.6 Å². The van der Waals surface area contributed by atoms with Crippen molar-refractivity contribution in [3.05, 3.63) is 27.9 Å². The number of amides is 1. The molecule has 0 aromatic carbocycles. The molecule has 0 saturated carbocycles. The molecule has 0 aliphatic carbocycles. The fraction of sp³-hybridized carbons (Fsp3) is 0.750. The summed E-state index contributed by atoms with van der Waals surface area (Å²) in [6.45, 7) is 11.1. The minimum atomic E-state index is -0.451. The molecule has 3 rings (SSSR count). The Morgan fingerprint density at radius 2 is 1.96 bits per heavy atom. The first-order valence-electron chi connectivity index (χ1n) is 10.1. The molecule has 3 heterocycles. The highest BCUT2D eigenvalue weighted by Gasteiger charge is 2.34. The van der Waals surface area contributed by atoms with Crippen molar-refractivity contribution in [3.63, 3.8) is 0 Å². The van der Waals surface area contributed by atoms with Gasteiger partial charge in [0, 0.05) is 43.4 Å². The maximum Gasteiger partial charge on any atom is 0.410 e. The number of carbonyl (C=O) groups is 1. The lowest BCUT2D eigenvalue weighted by Crippen LogP contribution is -2.47. The number of carbonyl (C=O) groups excluding carboxylic acids is 1. The number of piperidine rings is 1. The van der Waals surface area contributed by atoms with Crippen LogP contribution < -0.4 is 5.56 Å². The largest absolute Gasteiger partial charge is 0.444 e. The molecule has 0 spiro atoms. The smallest absolute Gasteiger partial charge is 0.410 e. The van der Waals surface area contributed by atoms with Crippen LogP contribution in [0.3, 0.4) is 0 Å². The monoisotopic (exact) mass is 376 g/mol. The summed E-state index contributed by atoms with van der Waals surface area (Å²) >= 11 is 0. The maximum absolute atomic E-state index is 12.2. The van der Waals surface area contributed by atoms with E-state index in [1.165, 1.54) is 0 Å². The molecule has 0 bridgehead atoms. The number of rotatable bonds is 3. The Labute approximate surface area is 161 Å². The average molecular weight is 377 g/mol. The SMILES string of the molecule is CCc1cnc([C@H]2CCN(C3CCN(C(=O)OC(C)(C)C)CC3)C2)[nH]c1=O. The molecule has 7 nitrogen and oxygen atoms in total. The van der Waals surface area contributed by atoms with Gasteiger partial charge >= 0.3 is 6.09 Å². The van der Waals surface area contributed by atoms with Crippen molar-refractivity contribution in [1.82, 2.24) is 19.8 Å². The van der Waals surface area contributed by atoms with Crippen LogP contribution in [0.25, 0.3) is 0 Å². The standard InChI is InChI=1S/C20H32N4O3/c1-5-14-12-21-17(22-18(14)25)15-6-9-24(13-15)16-7-10-23(11-8-16)19(26)27-20(2,3)4/h12,15-16H,5-11,13H2,1-4H3,(H,21,22,25)/t15-/m0/s1. The van der Waals surface area contributed by atoms with Crippen molar-refractivity contribution in [1.29, 1.82) is 0 Å². The van der Waals surface area contributed by atoms with Gasteiger partial charge in [-0.05, 0) is 53.0 Å². The van der Waals surface area contributed by atoms with Gasteiger partial charge in [0.1, 0.15) is 11.4 Å². The van der Waals surface area contributed by atoms with E-state index in [1.807, 2.05) is 32.6 Å². The molecule has 2 aliphatic rings. The second-order valence-electron chi connectivity index (χ2n) is 8.66. The normalized spacial score (nSPS) is 22.2. The number of nitrogens with one attached hydrogen (secondary N) is 1. The molecule has 2 aliphatic heterocycles. The average Bonchev–Trinajstić information content (AvgIpc) is 3.10. The van der Waals surface area contributed by atoms with Gasteiger partial charge in [-0.1, -0.05) is 6.92 Å². The first-order valence-corrected chi connectivity index (χ1v) is 10.1. The molecule has 27 heavy (non-hydrogen) atoms. The number of aromatic nitrogens is 2. The Morgan fingerprint density at radius 3 is 2.56 bits per heavy atom. The van der Waals surface area contributed by atoms with Crippen LogP contribution in [0.15, 0.2) is 11.0 Å². The van der Waals surface area contributed by atoms with Gasteiger partial charge in [-0.3, -0.25) is 9.69 Å². The maximum atomic E-state index is 12.2. The molecule has 2 saturated heterocycles. The van der Waals surface area contributed by atoms with Crippen LogP contribution in [0.1, 0.15) is 64.3 Å². The van der Waals surface area contributed by atoms with Crippen molar-refractivity contribution in [2.75, 3.05) is 26.2 Å². The highest BCUT2D eigenvalue weighted by atomic mass is 16.6. The first-order chi connectivity index (χ1) is 12.8. The zero-order valence-electron chi connectivity index (χ0n) is 17.0. The number of hydrogen-bond acceptors (Lipinski definition) is 5. The number of likely N-dealkylation sites (tertiary alicyclic amines) is 2. The summed E-state index contributed by atoms with van der Waals surface area (Å²) in [5, 5.41) is 0. The van der Waals surface area contributed by atoms with Gasteiger partial charge in [0.05, 0.1) is 0 Å². The van der Waals surface area contributed by atoms with Crippen LogP contribution in [-0.4, -0.2) is 63.7 Å². The van der Waals surface area contributed by atoms with Crippen molar-refractivity contribution >= 4 is 6.09 Å². The third-order valence-corrected chi connectivity index (χ3v) is 5.51. The summed E-state index contributed by atoms with van der Waals surface area (Å²) in [6.07, 6.45) is 5.15. The molecule has 1 atom stereocenters. The van der Waals surface area contributed by atoms with Crippen molar-refractivity contribution < 1.29 is 9.53 Å². The van der Waals surface area contributed by atoms with Crippen LogP contribution >= 0.6 is 0 Å². The molecule has 1 aromatic heterocycles. The molecule has 2 fully saturated rings. The van der Waals surface area contributed by atoms with Gasteiger partial charge in [0.15, 0.2) is 0 Å². The summed E-state index contributed by atoms with van der Waals surface area (Å²) in [5.74, 6) is 1.10. The predicted octanol–water partition coefficient (Wildman–Crippen LogP) is 2.52. The number of hydrogen-bond donors (Lipinski definition) is 1. The third-order valence-electron chi connectivity index (χ3n) is 5.51. The molecule has 1 amide bonds. The molecule has 1 N–H and O–H groups in total. The Balaban J connectivity index is 1.52. The second kappa shape index (κ2) is 8.00. The number of H-pyrrole nitrogens is 1. The Bertz CT molecular complexity index is 717. The van der Waals surface area contributed by atoms with E-state index < -0.39 is 5.60 Å². The van der Waals surface area contributed by atoms with Crippen molar-refractivity contribution in [2.24, 2.45) is 0 Å². The van der Waals surface area contributed by atoms with Crippen LogP contribution in [-0.2, 0) is 11.2 Å². The van der Waals surface area contributed by atoms with Crippen LogP contribution in [0.2, 0.25) is 0 Å². The van der Waals surface area contributed by atoms with Gasteiger partial charge in [-0.15, -0.1) is 0 Å². The minimum Gasteiger partial charge on any atom is -0.444 e. The van der Waals surface area contributed by atoms with Crippen LogP contribution in [0.4, 0.5) is 4.79 Å². The highest BCUT2D eigenvalue weighted by Crippen LogP contribution is 2.29. The van der Waals surface area contributed by atoms with Gasteiger partial charge in [-0.25, -0.2) is 9.78 Å². The Kier molecular flexibility index (Phi) is 5.89. The summed E-state index contributed by atoms with van der Waals surface area (Å²) in [5.41, 5.74) is 0.280. The predicted molar refractivity (Wildman–Crippen MR) is 104 cm³/mol. The summed E-state index contributed by atoms with van der Waals surface area (Å²) in [7, 11) is 0. The van der Waals surface area contributed by atoms with E-state index in [4.69, 9.17) is 4.74 Å². The Hall–Kier alpha value is -1.89. The summed E-state index contributed by atoms with van der Waals surface area (Å²) in [4.78, 5) is 36.0. The molecule has 0 radical (unpaired) electrons. The van der Waals surface area contributed by atoms with E-state index in [0.717, 1.165) is 56.8 Å². The number of aryl methyl sites for hydroxylation is 1. The number of ether oxygens (including phenoxy) is 1. The topological polar surface area (TPSA) is 78.5 Å². The van der Waals surface area contributed by atoms with Gasteiger partial charge in [-0.2, -0.15) is 0 Å². The summed E-state index contributed by atoms with van der Waals surface area (Å²) in [6, 6.07) is 0.482. The number of nitrogens with zero attached hydrogens (tertiary/aromatic N) is 3. The van der Waals surface area contributed by atoms with E-state index in [2.05, 4.69) is 14.9 Å². The molecule has 0 unspecified atom stereocenters. The first kappa shape index (κ1) is 19.9. The molecular weight excluding hydrogens is 344 g/mol. The van der Waals surface area contributed by atoms with Gasteiger partial charge in [0.2, 0.25) is 0 Å². The molecule has 1 aromatic rings. The third kappa shape index (κ3) is 4.89. The lowest BCUT2D eigenvalue weighted by molar-refractivity contribution is 0.0155. The summed E-state index contributed by atoms with van der Waals surface area (Å²) < 4.78 is 5.47. The highest BCUT2D eigenvalue weighted by molar-refractivity contribution is 5.68. The van der Waals surface area contributed by atoms with E-state index in [9.17, 15) is 9.59 Å². The Morgan fingerprint density at radius 1 is 1.26 bits per heavy atom. The fourth-order valence-electron chi connectivity index (χ4n) is 3.98. The minimum absolute atomic E-state index is 0.00776. The zero-order valence-corrected chi connectivity index (χ0v) is 17.0. The van der Waals surface area contributed by atoms with Crippen LogP contribution in [0.5, 0.6) is 0 Å². The van der Waals surface area contributed by atoms with E-state index in [1.54, 1.807) is 6.20 Å². The lowest BCUT2D eigenvalue weighted by Gasteiger charge is -2.37. The van der Waals surface area contributed by atoms with Crippen molar-refractivity contribution in [2.45, 2.75) is 70.9 Å². The van der Waals surface area contributed by atoms with Crippen LogP contribution in [0, 0.1) is 0 Å². The second-order valence-corrected chi connectivity index (χ2v) is 8.66. The molecular formula is C20H32N4O3. The van der Waals surface area contributed by atoms with E-state index in [0.29, 0.717) is 12.5 Å². The lowest BCUT2D eigenvalue weighted by atomic mass is 10.0. The quantitative estimate of drug-likeness (QED) is 0.877. The van der Waals surface area contributed by atoms with Crippen molar-refractivity contribution in [3.8, 4) is 0 Å². The van der Waals surface area contributed by atoms with Gasteiger partial charge in [0.25, 0.3) is 5.56 Å².